The molecule has 1 saturated heterocycles. The summed E-state index contributed by atoms with van der Waals surface area (Å²) < 4.78 is 0. The molecule has 9 nitrogen and oxygen atoms in total. The summed E-state index contributed by atoms with van der Waals surface area (Å²) in [6, 6.07) is 3.75. The van der Waals surface area contributed by atoms with Crippen molar-refractivity contribution in [3.63, 3.8) is 0 Å². The largest absolute Gasteiger partial charge is 0.353 e. The normalized spacial score (nSPS) is 16.3. The van der Waals surface area contributed by atoms with Gasteiger partial charge in [0, 0.05) is 68.6 Å². The molecule has 0 bridgehead atoms. The number of nitrogens with zero attached hydrogens (tertiary/aromatic N) is 7. The third kappa shape index (κ3) is 3.35. The highest BCUT2D eigenvalue weighted by Crippen LogP contribution is 2.28. The molecule has 0 radical (unpaired) electrons. The van der Waals surface area contributed by atoms with Crippen LogP contribution in [0.15, 0.2) is 43.1 Å². The van der Waals surface area contributed by atoms with E-state index in [9.17, 15) is 4.79 Å². The fourth-order valence-corrected chi connectivity index (χ4v) is 3.76. The molecule has 1 amide bonds. The lowest BCUT2D eigenvalue weighted by Gasteiger charge is -2.37. The van der Waals surface area contributed by atoms with E-state index in [1.165, 1.54) is 0 Å². The summed E-state index contributed by atoms with van der Waals surface area (Å²) in [4.78, 5) is 39.1. The van der Waals surface area contributed by atoms with E-state index in [0.29, 0.717) is 18.1 Å². The molecule has 1 N–H and O–H groups in total. The van der Waals surface area contributed by atoms with E-state index in [-0.39, 0.29) is 5.91 Å². The molecule has 0 aromatic carbocycles. The van der Waals surface area contributed by atoms with Gasteiger partial charge in [-0.2, -0.15) is 0 Å². The van der Waals surface area contributed by atoms with E-state index < -0.39 is 0 Å². The Kier molecular flexibility index (Phi) is 4.47. The maximum atomic E-state index is 12.5. The van der Waals surface area contributed by atoms with Gasteiger partial charge in [0.1, 0.15) is 17.3 Å². The quantitative estimate of drug-likeness (QED) is 0.708. The van der Waals surface area contributed by atoms with Crippen LogP contribution in [0.25, 0.3) is 11.4 Å². The first-order chi connectivity index (χ1) is 14.3. The standard InChI is InChI=1S/C20H20N8O/c29-20-17-15(3-5-24-20)19(26-18(25-17)14-2-1-4-21-12-14)28-10-8-27(9-11-28)16-13-22-6-7-23-16/h1-2,4,6-7,12-13H,3,5,8-11H2,(H,24,29). The van der Waals surface area contributed by atoms with Gasteiger partial charge in [0.2, 0.25) is 0 Å². The van der Waals surface area contributed by atoms with Gasteiger partial charge in [-0.3, -0.25) is 14.8 Å². The van der Waals surface area contributed by atoms with Gasteiger partial charge in [-0.1, -0.05) is 0 Å². The summed E-state index contributed by atoms with van der Waals surface area (Å²) >= 11 is 0. The first-order valence-electron chi connectivity index (χ1n) is 9.65. The second kappa shape index (κ2) is 7.42. The minimum absolute atomic E-state index is 0.141. The third-order valence-corrected chi connectivity index (χ3v) is 5.23. The van der Waals surface area contributed by atoms with Crippen molar-refractivity contribution in [2.75, 3.05) is 42.5 Å². The van der Waals surface area contributed by atoms with Crippen molar-refractivity contribution in [2.45, 2.75) is 6.42 Å². The Labute approximate surface area is 167 Å². The fraction of sp³-hybridized carbons (Fsp3) is 0.300. The molecule has 0 aliphatic carbocycles. The Hall–Kier alpha value is -3.62. The van der Waals surface area contributed by atoms with Crippen LogP contribution in [0.3, 0.4) is 0 Å². The van der Waals surface area contributed by atoms with Crippen LogP contribution in [0.1, 0.15) is 16.1 Å². The molecule has 5 heterocycles. The summed E-state index contributed by atoms with van der Waals surface area (Å²) in [6.07, 6.45) is 9.33. The number of carbonyl (C=O) groups is 1. The van der Waals surface area contributed by atoms with Crippen LogP contribution in [0.5, 0.6) is 0 Å². The maximum absolute atomic E-state index is 12.5. The van der Waals surface area contributed by atoms with Gasteiger partial charge in [-0.05, 0) is 18.6 Å². The van der Waals surface area contributed by atoms with E-state index in [0.717, 1.165) is 55.4 Å². The Bertz CT molecular complexity index is 1020. The fourth-order valence-electron chi connectivity index (χ4n) is 3.76. The highest BCUT2D eigenvalue weighted by molar-refractivity contribution is 5.96. The summed E-state index contributed by atoms with van der Waals surface area (Å²) in [5, 5.41) is 2.89. The zero-order valence-electron chi connectivity index (χ0n) is 15.8. The van der Waals surface area contributed by atoms with Gasteiger partial charge in [0.05, 0.1) is 6.20 Å². The zero-order valence-corrected chi connectivity index (χ0v) is 15.8. The van der Waals surface area contributed by atoms with Crippen molar-refractivity contribution in [2.24, 2.45) is 0 Å². The summed E-state index contributed by atoms with van der Waals surface area (Å²) in [5.74, 6) is 2.12. The third-order valence-electron chi connectivity index (χ3n) is 5.23. The molecular formula is C20H20N8O. The Morgan fingerprint density at radius 2 is 1.76 bits per heavy atom. The van der Waals surface area contributed by atoms with Gasteiger partial charge in [0.25, 0.3) is 5.91 Å². The molecule has 0 spiro atoms. The van der Waals surface area contributed by atoms with E-state index in [1.54, 1.807) is 31.0 Å². The summed E-state index contributed by atoms with van der Waals surface area (Å²) in [5.41, 5.74) is 2.19. The molecule has 1 fully saturated rings. The molecule has 3 aromatic heterocycles. The monoisotopic (exact) mass is 388 g/mol. The number of amides is 1. The number of rotatable bonds is 3. The van der Waals surface area contributed by atoms with Gasteiger partial charge in [0.15, 0.2) is 5.82 Å². The second-order valence-corrected chi connectivity index (χ2v) is 6.98. The van der Waals surface area contributed by atoms with Crippen molar-refractivity contribution in [3.05, 3.63) is 54.4 Å². The molecule has 2 aliphatic heterocycles. The van der Waals surface area contributed by atoms with E-state index in [1.807, 2.05) is 12.1 Å². The molecule has 29 heavy (non-hydrogen) atoms. The molecule has 0 saturated carbocycles. The van der Waals surface area contributed by atoms with Gasteiger partial charge in [-0.25, -0.2) is 15.0 Å². The number of hydrogen-bond acceptors (Lipinski definition) is 8. The molecule has 0 atom stereocenters. The number of hydrogen-bond donors (Lipinski definition) is 1. The van der Waals surface area contributed by atoms with E-state index in [4.69, 9.17) is 4.98 Å². The molecule has 2 aliphatic rings. The highest BCUT2D eigenvalue weighted by atomic mass is 16.1. The lowest BCUT2D eigenvalue weighted by Crippen LogP contribution is -2.48. The minimum Gasteiger partial charge on any atom is -0.353 e. The predicted octanol–water partition coefficient (Wildman–Crippen LogP) is 0.941. The topological polar surface area (TPSA) is 100 Å². The summed E-state index contributed by atoms with van der Waals surface area (Å²) in [6.45, 7) is 3.80. The zero-order chi connectivity index (χ0) is 19.6. The Morgan fingerprint density at radius 1 is 0.931 bits per heavy atom. The minimum atomic E-state index is -0.141. The van der Waals surface area contributed by atoms with Crippen molar-refractivity contribution < 1.29 is 4.79 Å². The number of carbonyl (C=O) groups excluding carboxylic acids is 1. The number of fused-ring (bicyclic) bond motifs is 1. The van der Waals surface area contributed by atoms with Crippen LogP contribution < -0.4 is 15.1 Å². The van der Waals surface area contributed by atoms with Crippen molar-refractivity contribution in [1.82, 2.24) is 30.2 Å². The lowest BCUT2D eigenvalue weighted by atomic mass is 10.0. The van der Waals surface area contributed by atoms with Crippen LogP contribution in [-0.2, 0) is 6.42 Å². The number of nitrogens with one attached hydrogen (secondary N) is 1. The number of anilines is 2. The van der Waals surface area contributed by atoms with E-state index in [2.05, 4.69) is 35.1 Å². The molecule has 9 heteroatoms. The van der Waals surface area contributed by atoms with Crippen LogP contribution >= 0.6 is 0 Å². The summed E-state index contributed by atoms with van der Waals surface area (Å²) in [7, 11) is 0. The van der Waals surface area contributed by atoms with Crippen LogP contribution in [-0.4, -0.2) is 63.6 Å². The van der Waals surface area contributed by atoms with Crippen LogP contribution in [0, 0.1) is 0 Å². The number of aromatic nitrogens is 5. The number of piperazine rings is 1. The van der Waals surface area contributed by atoms with Gasteiger partial charge < -0.3 is 15.1 Å². The molecule has 146 valence electrons. The van der Waals surface area contributed by atoms with Gasteiger partial charge >= 0.3 is 0 Å². The Morgan fingerprint density at radius 3 is 2.52 bits per heavy atom. The van der Waals surface area contributed by atoms with E-state index >= 15 is 0 Å². The lowest BCUT2D eigenvalue weighted by molar-refractivity contribution is 0.0940. The average Bonchev–Trinajstić information content (AvgIpc) is 2.80. The average molecular weight is 388 g/mol. The van der Waals surface area contributed by atoms with Crippen LogP contribution in [0.4, 0.5) is 11.6 Å². The van der Waals surface area contributed by atoms with Crippen molar-refractivity contribution >= 4 is 17.5 Å². The maximum Gasteiger partial charge on any atom is 0.270 e. The van der Waals surface area contributed by atoms with Crippen molar-refractivity contribution in [1.29, 1.82) is 0 Å². The SMILES string of the molecule is O=C1NCCc2c1nc(-c1cccnc1)nc2N1CCN(c2cnccn2)CC1. The van der Waals surface area contributed by atoms with Gasteiger partial charge in [-0.15, -0.1) is 0 Å². The first-order valence-corrected chi connectivity index (χ1v) is 9.65. The Balaban J connectivity index is 1.48. The second-order valence-electron chi connectivity index (χ2n) is 6.98. The van der Waals surface area contributed by atoms with Crippen molar-refractivity contribution in [3.8, 4) is 11.4 Å². The number of pyridine rings is 1. The van der Waals surface area contributed by atoms with Crippen LogP contribution in [0.2, 0.25) is 0 Å². The predicted molar refractivity (Wildman–Crippen MR) is 108 cm³/mol. The highest BCUT2D eigenvalue weighted by Gasteiger charge is 2.28. The molecule has 3 aromatic rings. The first kappa shape index (κ1) is 17.5. The molecule has 0 unspecified atom stereocenters. The molecular weight excluding hydrogens is 368 g/mol. The smallest absolute Gasteiger partial charge is 0.270 e. The molecule has 5 rings (SSSR count).